The van der Waals surface area contributed by atoms with Gasteiger partial charge in [0.15, 0.2) is 0 Å². The number of halogens is 1. The predicted octanol–water partition coefficient (Wildman–Crippen LogP) is 2.20. The number of nitrogens with two attached hydrogens (primary N) is 1. The number of carbonyl (C=O) groups is 1. The van der Waals surface area contributed by atoms with Crippen molar-refractivity contribution in [2.24, 2.45) is 5.92 Å². The molecule has 19 heavy (non-hydrogen) atoms. The minimum Gasteiger partial charge on any atom is -0.399 e. The average Bonchev–Trinajstić information content (AvgIpc) is 2.32. The molecule has 0 unspecified atom stereocenters. The minimum absolute atomic E-state index is 0.00335. The van der Waals surface area contributed by atoms with Gasteiger partial charge in [-0.2, -0.15) is 0 Å². The summed E-state index contributed by atoms with van der Waals surface area (Å²) in [4.78, 5) is 11.7. The fourth-order valence-corrected chi connectivity index (χ4v) is 1.47. The lowest BCUT2D eigenvalue weighted by atomic mass is 10.1. The molecule has 5 heteroatoms. The fraction of sp³-hybridized carbons (Fsp3) is 0.500. The van der Waals surface area contributed by atoms with E-state index in [0.29, 0.717) is 31.4 Å². The highest BCUT2D eigenvalue weighted by Crippen LogP contribution is 2.11. The van der Waals surface area contributed by atoms with E-state index in [0.717, 1.165) is 12.5 Å². The van der Waals surface area contributed by atoms with Crippen LogP contribution in [0.3, 0.4) is 0 Å². The molecule has 0 heterocycles. The van der Waals surface area contributed by atoms with Gasteiger partial charge in [-0.05, 0) is 30.5 Å². The normalized spacial score (nSPS) is 10.7. The van der Waals surface area contributed by atoms with Crippen LogP contribution in [0.1, 0.15) is 30.6 Å². The SMILES string of the molecule is CC(C)CCOCCNC(=O)c1ccc(N)cc1F. The zero-order valence-corrected chi connectivity index (χ0v) is 11.4. The van der Waals surface area contributed by atoms with Crippen LogP contribution in [-0.2, 0) is 4.74 Å². The molecule has 0 saturated heterocycles. The van der Waals surface area contributed by atoms with Crippen molar-refractivity contribution in [1.82, 2.24) is 5.32 Å². The summed E-state index contributed by atoms with van der Waals surface area (Å²) in [5.41, 5.74) is 5.71. The van der Waals surface area contributed by atoms with Gasteiger partial charge in [-0.1, -0.05) is 13.8 Å². The minimum atomic E-state index is -0.613. The van der Waals surface area contributed by atoms with Crippen molar-refractivity contribution in [1.29, 1.82) is 0 Å². The van der Waals surface area contributed by atoms with Crippen molar-refractivity contribution < 1.29 is 13.9 Å². The Balaban J connectivity index is 2.28. The van der Waals surface area contributed by atoms with E-state index in [4.69, 9.17) is 10.5 Å². The Morgan fingerprint density at radius 2 is 2.16 bits per heavy atom. The van der Waals surface area contributed by atoms with Gasteiger partial charge >= 0.3 is 0 Å². The molecule has 0 radical (unpaired) electrons. The first kappa shape index (κ1) is 15.4. The molecule has 1 aromatic rings. The first-order valence-corrected chi connectivity index (χ1v) is 6.41. The molecule has 0 fully saturated rings. The maximum Gasteiger partial charge on any atom is 0.254 e. The van der Waals surface area contributed by atoms with Gasteiger partial charge in [0, 0.05) is 18.8 Å². The van der Waals surface area contributed by atoms with E-state index in [1.165, 1.54) is 12.1 Å². The summed E-state index contributed by atoms with van der Waals surface area (Å²) in [6.07, 6.45) is 0.987. The van der Waals surface area contributed by atoms with E-state index in [2.05, 4.69) is 19.2 Å². The zero-order valence-electron chi connectivity index (χ0n) is 11.4. The second-order valence-corrected chi connectivity index (χ2v) is 4.79. The topological polar surface area (TPSA) is 64.3 Å². The van der Waals surface area contributed by atoms with Crippen LogP contribution in [0.2, 0.25) is 0 Å². The number of nitrogen functional groups attached to an aromatic ring is 1. The highest BCUT2D eigenvalue weighted by atomic mass is 19.1. The van der Waals surface area contributed by atoms with Crippen LogP contribution in [-0.4, -0.2) is 25.7 Å². The number of carbonyl (C=O) groups excluding carboxylic acids is 1. The van der Waals surface area contributed by atoms with E-state index >= 15 is 0 Å². The van der Waals surface area contributed by atoms with Crippen molar-refractivity contribution in [3.8, 4) is 0 Å². The lowest BCUT2D eigenvalue weighted by Gasteiger charge is -2.08. The van der Waals surface area contributed by atoms with E-state index in [1.54, 1.807) is 0 Å². The average molecular weight is 268 g/mol. The van der Waals surface area contributed by atoms with Gasteiger partial charge in [0.1, 0.15) is 5.82 Å². The quantitative estimate of drug-likeness (QED) is 0.588. The van der Waals surface area contributed by atoms with Gasteiger partial charge in [-0.25, -0.2) is 4.39 Å². The first-order chi connectivity index (χ1) is 9.00. The highest BCUT2D eigenvalue weighted by molar-refractivity contribution is 5.94. The maximum atomic E-state index is 13.4. The molecule has 3 N–H and O–H groups in total. The molecule has 0 spiro atoms. The van der Waals surface area contributed by atoms with E-state index < -0.39 is 11.7 Å². The molecule has 0 aromatic heterocycles. The van der Waals surface area contributed by atoms with E-state index in [-0.39, 0.29) is 5.56 Å². The Morgan fingerprint density at radius 1 is 1.42 bits per heavy atom. The van der Waals surface area contributed by atoms with E-state index in [1.807, 2.05) is 0 Å². The molecule has 0 atom stereocenters. The van der Waals surface area contributed by atoms with Crippen LogP contribution in [0.15, 0.2) is 18.2 Å². The van der Waals surface area contributed by atoms with Crippen LogP contribution in [0, 0.1) is 11.7 Å². The first-order valence-electron chi connectivity index (χ1n) is 6.41. The third-order valence-electron chi connectivity index (χ3n) is 2.61. The summed E-state index contributed by atoms with van der Waals surface area (Å²) in [5.74, 6) is -0.471. The summed E-state index contributed by atoms with van der Waals surface area (Å²) in [7, 11) is 0. The van der Waals surface area contributed by atoms with Crippen molar-refractivity contribution in [3.05, 3.63) is 29.6 Å². The zero-order chi connectivity index (χ0) is 14.3. The lowest BCUT2D eigenvalue weighted by molar-refractivity contribution is 0.0902. The summed E-state index contributed by atoms with van der Waals surface area (Å²) >= 11 is 0. The number of rotatable bonds is 7. The smallest absolute Gasteiger partial charge is 0.254 e. The van der Waals surface area contributed by atoms with Gasteiger partial charge in [0.05, 0.1) is 12.2 Å². The third kappa shape index (κ3) is 5.70. The monoisotopic (exact) mass is 268 g/mol. The van der Waals surface area contributed by atoms with Crippen molar-refractivity contribution in [3.63, 3.8) is 0 Å². The van der Waals surface area contributed by atoms with Gasteiger partial charge in [-0.15, -0.1) is 0 Å². The molecule has 1 rings (SSSR count). The predicted molar refractivity (Wildman–Crippen MR) is 73.4 cm³/mol. The molecular weight excluding hydrogens is 247 g/mol. The molecule has 0 bridgehead atoms. The molecular formula is C14H21FN2O2. The van der Waals surface area contributed by atoms with Crippen molar-refractivity contribution in [2.45, 2.75) is 20.3 Å². The van der Waals surface area contributed by atoms with Crippen LogP contribution in [0.25, 0.3) is 0 Å². The Hall–Kier alpha value is -1.62. The third-order valence-corrected chi connectivity index (χ3v) is 2.61. The van der Waals surface area contributed by atoms with Gasteiger partial charge < -0.3 is 15.8 Å². The van der Waals surface area contributed by atoms with Crippen molar-refractivity contribution >= 4 is 11.6 Å². The molecule has 0 aliphatic rings. The summed E-state index contributed by atoms with van der Waals surface area (Å²) < 4.78 is 18.8. The number of nitrogens with one attached hydrogen (secondary N) is 1. The molecule has 4 nitrogen and oxygen atoms in total. The number of ether oxygens (including phenoxy) is 1. The second kappa shape index (κ2) is 7.74. The van der Waals surface area contributed by atoms with Crippen LogP contribution < -0.4 is 11.1 Å². The molecule has 1 amide bonds. The van der Waals surface area contributed by atoms with Crippen LogP contribution in [0.4, 0.5) is 10.1 Å². The molecule has 106 valence electrons. The fourth-order valence-electron chi connectivity index (χ4n) is 1.47. The number of anilines is 1. The Morgan fingerprint density at radius 3 is 2.79 bits per heavy atom. The summed E-state index contributed by atoms with van der Waals surface area (Å²) in [6, 6.07) is 4.00. The summed E-state index contributed by atoms with van der Waals surface area (Å²) in [6.45, 7) is 5.70. The number of benzene rings is 1. The van der Waals surface area contributed by atoms with Gasteiger partial charge in [0.2, 0.25) is 0 Å². The Kier molecular flexibility index (Phi) is 6.29. The van der Waals surface area contributed by atoms with Crippen LogP contribution >= 0.6 is 0 Å². The maximum absolute atomic E-state index is 13.4. The summed E-state index contributed by atoms with van der Waals surface area (Å²) in [5, 5.41) is 2.60. The number of hydrogen-bond acceptors (Lipinski definition) is 3. The standard InChI is InChI=1S/C14H21FN2O2/c1-10(2)5-7-19-8-6-17-14(18)12-4-3-11(16)9-13(12)15/h3-4,9-10H,5-8,16H2,1-2H3,(H,17,18). The Labute approximate surface area is 113 Å². The van der Waals surface area contributed by atoms with E-state index in [9.17, 15) is 9.18 Å². The van der Waals surface area contributed by atoms with Gasteiger partial charge in [0.25, 0.3) is 5.91 Å². The molecule has 0 aliphatic carbocycles. The number of hydrogen-bond donors (Lipinski definition) is 2. The number of amides is 1. The van der Waals surface area contributed by atoms with Gasteiger partial charge in [-0.3, -0.25) is 4.79 Å². The second-order valence-electron chi connectivity index (χ2n) is 4.79. The van der Waals surface area contributed by atoms with Crippen molar-refractivity contribution in [2.75, 3.05) is 25.5 Å². The molecule has 0 saturated carbocycles. The lowest BCUT2D eigenvalue weighted by Crippen LogP contribution is -2.28. The Bertz CT molecular complexity index is 422. The largest absolute Gasteiger partial charge is 0.399 e. The molecule has 1 aromatic carbocycles. The van der Waals surface area contributed by atoms with Crippen LogP contribution in [0.5, 0.6) is 0 Å². The highest BCUT2D eigenvalue weighted by Gasteiger charge is 2.10. The molecule has 0 aliphatic heterocycles.